The number of anilines is 1. The molecule has 0 unspecified atom stereocenters. The van der Waals surface area contributed by atoms with E-state index in [9.17, 15) is 13.2 Å². The topological polar surface area (TPSA) is 102 Å². The Morgan fingerprint density at radius 2 is 2.13 bits per heavy atom. The fraction of sp³-hybridized carbons (Fsp3) is 0.375. The third-order valence-electron chi connectivity index (χ3n) is 1.83. The molecule has 1 aromatic heterocycles. The van der Waals surface area contributed by atoms with Crippen molar-refractivity contribution in [3.63, 3.8) is 0 Å². The molecule has 1 rings (SSSR count). The van der Waals surface area contributed by atoms with Crippen molar-refractivity contribution < 1.29 is 13.0 Å². The molecule has 3 N–H and O–H groups in total. The molecule has 0 fully saturated rings. The Morgan fingerprint density at radius 3 is 2.67 bits per heavy atom. The lowest BCUT2D eigenvalue weighted by molar-refractivity contribution is 0.478. The van der Waals surface area contributed by atoms with Crippen LogP contribution in [0.2, 0.25) is 0 Å². The van der Waals surface area contributed by atoms with E-state index in [4.69, 9.17) is 10.3 Å². The number of rotatable bonds is 4. The standard InChI is InChI=1S/C8H12N2O4S/c9-7-6-10(4-2-8(7)11)3-1-5-15(12,13)14/h2,4,6H,1,3,5,9H2,(H,12,13,14). The highest BCUT2D eigenvalue weighted by Crippen LogP contribution is 1.97. The van der Waals surface area contributed by atoms with E-state index in [1.54, 1.807) is 4.57 Å². The maximum Gasteiger partial charge on any atom is 0.264 e. The monoisotopic (exact) mass is 232 g/mol. The Kier molecular flexibility index (Phi) is 3.48. The van der Waals surface area contributed by atoms with Crippen LogP contribution in [0.4, 0.5) is 5.69 Å². The lowest BCUT2D eigenvalue weighted by Crippen LogP contribution is -2.12. The minimum absolute atomic E-state index is 0.115. The Bertz CT molecular complexity index is 492. The van der Waals surface area contributed by atoms with Gasteiger partial charge in [0.25, 0.3) is 10.1 Å². The summed E-state index contributed by atoms with van der Waals surface area (Å²) in [4.78, 5) is 10.9. The first-order valence-corrected chi connectivity index (χ1v) is 5.90. The molecule has 0 spiro atoms. The summed E-state index contributed by atoms with van der Waals surface area (Å²) in [5, 5.41) is 0. The van der Waals surface area contributed by atoms with E-state index in [1.165, 1.54) is 18.5 Å². The molecule has 0 saturated carbocycles. The van der Waals surface area contributed by atoms with Crippen LogP contribution in [0, 0.1) is 0 Å². The SMILES string of the molecule is Nc1cn(CCCS(=O)(=O)O)ccc1=O. The summed E-state index contributed by atoms with van der Waals surface area (Å²) in [5.74, 6) is -0.307. The average Bonchev–Trinajstić information content (AvgIpc) is 2.09. The second-order valence-electron chi connectivity index (χ2n) is 3.14. The van der Waals surface area contributed by atoms with Crippen molar-refractivity contribution in [1.82, 2.24) is 4.57 Å². The van der Waals surface area contributed by atoms with E-state index in [-0.39, 0.29) is 23.3 Å². The number of nitrogen functional groups attached to an aromatic ring is 1. The van der Waals surface area contributed by atoms with Gasteiger partial charge >= 0.3 is 0 Å². The Hall–Kier alpha value is -1.34. The van der Waals surface area contributed by atoms with E-state index >= 15 is 0 Å². The first-order chi connectivity index (χ1) is 6.88. The summed E-state index contributed by atoms with van der Waals surface area (Å²) in [7, 11) is -3.92. The molecule has 0 radical (unpaired) electrons. The quantitative estimate of drug-likeness (QED) is 0.694. The molecule has 84 valence electrons. The van der Waals surface area contributed by atoms with E-state index in [0.29, 0.717) is 6.54 Å². The molecule has 0 bridgehead atoms. The predicted octanol–water partition coefficient (Wildman–Crippen LogP) is -0.292. The van der Waals surface area contributed by atoms with Gasteiger partial charge in [-0.05, 0) is 6.42 Å². The van der Waals surface area contributed by atoms with Crippen molar-refractivity contribution in [2.24, 2.45) is 0 Å². The van der Waals surface area contributed by atoms with Crippen LogP contribution in [0.1, 0.15) is 6.42 Å². The van der Waals surface area contributed by atoms with Crippen molar-refractivity contribution in [1.29, 1.82) is 0 Å². The van der Waals surface area contributed by atoms with Crippen molar-refractivity contribution in [3.05, 3.63) is 28.7 Å². The summed E-state index contributed by atoms with van der Waals surface area (Å²) < 4.78 is 30.9. The van der Waals surface area contributed by atoms with Gasteiger partial charge in [-0.15, -0.1) is 0 Å². The van der Waals surface area contributed by atoms with Crippen LogP contribution < -0.4 is 11.2 Å². The zero-order valence-corrected chi connectivity index (χ0v) is 8.77. The number of hydrogen-bond acceptors (Lipinski definition) is 4. The molecule has 0 aromatic carbocycles. The number of nitrogens with zero attached hydrogens (tertiary/aromatic N) is 1. The summed E-state index contributed by atoms with van der Waals surface area (Å²) in [6.07, 6.45) is 3.22. The van der Waals surface area contributed by atoms with Gasteiger partial charge in [0.1, 0.15) is 0 Å². The first-order valence-electron chi connectivity index (χ1n) is 4.29. The molecular formula is C8H12N2O4S. The molecule has 0 aliphatic carbocycles. The first kappa shape index (κ1) is 11.7. The van der Waals surface area contributed by atoms with Gasteiger partial charge in [0.2, 0.25) is 5.43 Å². The Morgan fingerprint density at radius 1 is 1.47 bits per heavy atom. The zero-order chi connectivity index (χ0) is 11.5. The molecule has 6 nitrogen and oxygen atoms in total. The second-order valence-corrected chi connectivity index (χ2v) is 4.71. The minimum Gasteiger partial charge on any atom is -0.394 e. The average molecular weight is 232 g/mol. The highest BCUT2D eigenvalue weighted by Gasteiger charge is 2.03. The van der Waals surface area contributed by atoms with Crippen molar-refractivity contribution >= 4 is 15.8 Å². The fourth-order valence-electron chi connectivity index (χ4n) is 1.11. The highest BCUT2D eigenvalue weighted by atomic mass is 32.2. The number of nitrogens with two attached hydrogens (primary N) is 1. The summed E-state index contributed by atoms with van der Waals surface area (Å²) >= 11 is 0. The molecule has 7 heteroatoms. The zero-order valence-electron chi connectivity index (χ0n) is 7.96. The maximum atomic E-state index is 10.9. The predicted molar refractivity (Wildman–Crippen MR) is 56.1 cm³/mol. The van der Waals surface area contributed by atoms with Gasteiger partial charge in [-0.25, -0.2) is 0 Å². The van der Waals surface area contributed by atoms with Crippen LogP contribution in [-0.2, 0) is 16.7 Å². The van der Waals surface area contributed by atoms with Gasteiger partial charge in [-0.1, -0.05) is 0 Å². The molecule has 0 aliphatic rings. The molecule has 1 aromatic rings. The highest BCUT2D eigenvalue weighted by molar-refractivity contribution is 7.85. The van der Waals surface area contributed by atoms with Crippen molar-refractivity contribution in [2.75, 3.05) is 11.5 Å². The van der Waals surface area contributed by atoms with E-state index in [0.717, 1.165) is 0 Å². The molecular weight excluding hydrogens is 220 g/mol. The Labute approximate surface area is 87.1 Å². The van der Waals surface area contributed by atoms with E-state index < -0.39 is 10.1 Å². The third-order valence-corrected chi connectivity index (χ3v) is 2.63. The number of aromatic nitrogens is 1. The lowest BCUT2D eigenvalue weighted by Gasteiger charge is -2.05. The van der Waals surface area contributed by atoms with Crippen molar-refractivity contribution in [2.45, 2.75) is 13.0 Å². The summed E-state index contributed by atoms with van der Waals surface area (Å²) in [5.41, 5.74) is 5.23. The molecule has 0 saturated heterocycles. The molecule has 1 heterocycles. The maximum absolute atomic E-state index is 10.9. The smallest absolute Gasteiger partial charge is 0.264 e. The van der Waals surface area contributed by atoms with Gasteiger partial charge in [0.15, 0.2) is 0 Å². The van der Waals surface area contributed by atoms with Crippen LogP contribution >= 0.6 is 0 Å². The van der Waals surface area contributed by atoms with Gasteiger partial charge in [-0.3, -0.25) is 9.35 Å². The number of aryl methyl sites for hydroxylation is 1. The van der Waals surface area contributed by atoms with Gasteiger partial charge in [0.05, 0.1) is 11.4 Å². The van der Waals surface area contributed by atoms with E-state index in [2.05, 4.69) is 0 Å². The van der Waals surface area contributed by atoms with Gasteiger partial charge in [0, 0.05) is 25.0 Å². The van der Waals surface area contributed by atoms with E-state index in [1.807, 2.05) is 0 Å². The number of pyridine rings is 1. The van der Waals surface area contributed by atoms with Gasteiger partial charge in [-0.2, -0.15) is 8.42 Å². The van der Waals surface area contributed by atoms with Crippen LogP contribution in [0.15, 0.2) is 23.3 Å². The van der Waals surface area contributed by atoms with Crippen molar-refractivity contribution in [3.8, 4) is 0 Å². The van der Waals surface area contributed by atoms with Gasteiger partial charge < -0.3 is 10.3 Å². The summed E-state index contributed by atoms with van der Waals surface area (Å²) in [6.45, 7) is 0.379. The van der Waals surface area contributed by atoms with Crippen LogP contribution in [-0.4, -0.2) is 23.3 Å². The lowest BCUT2D eigenvalue weighted by atomic mass is 10.4. The fourth-order valence-corrected chi connectivity index (χ4v) is 1.61. The second kappa shape index (κ2) is 4.45. The minimum atomic E-state index is -3.92. The normalized spacial score (nSPS) is 11.5. The molecule has 0 atom stereocenters. The molecule has 0 amide bonds. The van der Waals surface area contributed by atoms with Crippen LogP contribution in [0.3, 0.4) is 0 Å². The summed E-state index contributed by atoms with van der Waals surface area (Å²) in [6, 6.07) is 1.31. The third kappa shape index (κ3) is 4.13. The molecule has 0 aliphatic heterocycles. The van der Waals surface area contributed by atoms with Crippen LogP contribution in [0.5, 0.6) is 0 Å². The Balaban J connectivity index is 2.59. The van der Waals surface area contributed by atoms with Crippen LogP contribution in [0.25, 0.3) is 0 Å². The number of hydrogen-bond donors (Lipinski definition) is 2. The molecule has 15 heavy (non-hydrogen) atoms. The largest absolute Gasteiger partial charge is 0.394 e.